The third-order valence-electron chi connectivity index (χ3n) is 2.98. The summed E-state index contributed by atoms with van der Waals surface area (Å²) in [7, 11) is 0. The number of amides is 1. The van der Waals surface area contributed by atoms with Crippen molar-refractivity contribution in [3.05, 3.63) is 61.6 Å². The van der Waals surface area contributed by atoms with E-state index in [0.717, 1.165) is 15.8 Å². The lowest BCUT2D eigenvalue weighted by atomic mass is 10.2. The van der Waals surface area contributed by atoms with Crippen LogP contribution in [0.1, 0.15) is 9.67 Å². The van der Waals surface area contributed by atoms with Gasteiger partial charge in [-0.3, -0.25) is 4.79 Å². The highest BCUT2D eigenvalue weighted by Crippen LogP contribution is 2.36. The molecule has 1 heterocycles. The largest absolute Gasteiger partial charge is 0.320 e. The van der Waals surface area contributed by atoms with E-state index in [-0.39, 0.29) is 11.7 Å². The molecule has 22 heavy (non-hydrogen) atoms. The summed E-state index contributed by atoms with van der Waals surface area (Å²) in [6.45, 7) is 0. The smallest absolute Gasteiger partial charge is 0.267 e. The second-order valence-corrected chi connectivity index (χ2v) is 7.22. The molecular weight excluding hydrogens is 412 g/mol. The third kappa shape index (κ3) is 2.99. The van der Waals surface area contributed by atoms with Gasteiger partial charge in [-0.25, -0.2) is 4.39 Å². The van der Waals surface area contributed by atoms with E-state index in [1.165, 1.54) is 12.1 Å². The summed E-state index contributed by atoms with van der Waals surface area (Å²) in [5.74, 6) is -0.746. The fourth-order valence-electron chi connectivity index (χ4n) is 1.95. The fraction of sp³-hybridized carbons (Fsp3) is 0. The second kappa shape index (κ2) is 6.16. The van der Waals surface area contributed by atoms with E-state index >= 15 is 0 Å². The van der Waals surface area contributed by atoms with Gasteiger partial charge in [-0.1, -0.05) is 39.1 Å². The molecule has 0 saturated carbocycles. The molecule has 0 aliphatic rings. The van der Waals surface area contributed by atoms with E-state index in [0.29, 0.717) is 30.7 Å². The van der Waals surface area contributed by atoms with Gasteiger partial charge in [-0.15, -0.1) is 11.3 Å². The van der Waals surface area contributed by atoms with E-state index in [9.17, 15) is 9.18 Å². The number of carbonyl (C=O) groups excluding carboxylic acids is 1. The highest BCUT2D eigenvalue weighted by Gasteiger charge is 2.18. The van der Waals surface area contributed by atoms with Crippen molar-refractivity contribution in [2.45, 2.75) is 0 Å². The average molecular weight is 419 g/mol. The standard InChI is InChI=1S/C15H7BrCl2FNOS/c16-7-1-4-11(10(17)5-7)20-15(21)14-13(18)9-3-2-8(19)6-12(9)22-14/h1-6H,(H,20,21). The molecule has 3 rings (SSSR count). The number of halogens is 4. The molecule has 0 spiro atoms. The van der Waals surface area contributed by atoms with E-state index in [4.69, 9.17) is 23.2 Å². The highest BCUT2D eigenvalue weighted by atomic mass is 79.9. The van der Waals surface area contributed by atoms with Gasteiger partial charge < -0.3 is 5.32 Å². The number of nitrogens with one attached hydrogen (secondary N) is 1. The number of benzene rings is 2. The minimum atomic E-state index is -0.379. The van der Waals surface area contributed by atoms with Crippen LogP contribution in [0, 0.1) is 5.82 Å². The van der Waals surface area contributed by atoms with E-state index < -0.39 is 0 Å². The number of hydrogen-bond donors (Lipinski definition) is 1. The van der Waals surface area contributed by atoms with Crippen LogP contribution in [0.25, 0.3) is 10.1 Å². The fourth-order valence-corrected chi connectivity index (χ4v) is 4.11. The van der Waals surface area contributed by atoms with Crippen LogP contribution in [-0.2, 0) is 0 Å². The zero-order valence-electron chi connectivity index (χ0n) is 10.8. The normalized spacial score (nSPS) is 10.9. The van der Waals surface area contributed by atoms with E-state index in [2.05, 4.69) is 21.2 Å². The van der Waals surface area contributed by atoms with Gasteiger partial charge in [0.05, 0.1) is 15.7 Å². The summed E-state index contributed by atoms with van der Waals surface area (Å²) in [5.41, 5.74) is 0.481. The van der Waals surface area contributed by atoms with Crippen LogP contribution in [0.2, 0.25) is 10.0 Å². The van der Waals surface area contributed by atoms with Crippen LogP contribution in [-0.4, -0.2) is 5.91 Å². The summed E-state index contributed by atoms with van der Waals surface area (Å²) in [4.78, 5) is 12.7. The Balaban J connectivity index is 1.97. The number of rotatable bonds is 2. The Morgan fingerprint density at radius 2 is 1.95 bits per heavy atom. The molecule has 3 aromatic rings. The summed E-state index contributed by atoms with van der Waals surface area (Å²) in [5, 5.41) is 4.08. The Morgan fingerprint density at radius 3 is 2.68 bits per heavy atom. The Morgan fingerprint density at radius 1 is 1.18 bits per heavy atom. The van der Waals surface area contributed by atoms with Gasteiger partial charge in [0.1, 0.15) is 10.7 Å². The summed E-state index contributed by atoms with van der Waals surface area (Å²) >= 11 is 16.7. The summed E-state index contributed by atoms with van der Waals surface area (Å²) < 4.78 is 14.7. The topological polar surface area (TPSA) is 29.1 Å². The molecule has 0 atom stereocenters. The molecule has 0 aliphatic heterocycles. The Labute approximate surface area is 148 Å². The maximum Gasteiger partial charge on any atom is 0.267 e. The lowest BCUT2D eigenvalue weighted by Crippen LogP contribution is -2.10. The van der Waals surface area contributed by atoms with Crippen molar-refractivity contribution in [1.29, 1.82) is 0 Å². The molecule has 0 unspecified atom stereocenters. The van der Waals surface area contributed by atoms with Crippen molar-refractivity contribution >= 4 is 72.1 Å². The number of hydrogen-bond acceptors (Lipinski definition) is 2. The van der Waals surface area contributed by atoms with E-state index in [1.54, 1.807) is 24.3 Å². The molecule has 2 nitrogen and oxygen atoms in total. The molecule has 1 aromatic heterocycles. The van der Waals surface area contributed by atoms with Crippen molar-refractivity contribution in [2.24, 2.45) is 0 Å². The molecule has 2 aromatic carbocycles. The monoisotopic (exact) mass is 417 g/mol. The Hall–Kier alpha value is -1.14. The molecular formula is C15H7BrCl2FNOS. The minimum absolute atomic E-state index is 0.311. The summed E-state index contributed by atoms with van der Waals surface area (Å²) in [6.07, 6.45) is 0. The van der Waals surface area contributed by atoms with Crippen LogP contribution in [0.3, 0.4) is 0 Å². The molecule has 1 N–H and O–H groups in total. The first-order chi connectivity index (χ1) is 10.5. The van der Waals surface area contributed by atoms with Gasteiger partial charge >= 0.3 is 0 Å². The number of anilines is 1. The Kier molecular flexibility index (Phi) is 4.41. The summed E-state index contributed by atoms with van der Waals surface area (Å²) in [6, 6.07) is 9.37. The molecule has 0 saturated heterocycles. The van der Waals surface area contributed by atoms with Crippen molar-refractivity contribution < 1.29 is 9.18 Å². The molecule has 0 radical (unpaired) electrons. The zero-order valence-corrected chi connectivity index (χ0v) is 14.7. The van der Waals surface area contributed by atoms with Crippen molar-refractivity contribution in [3.8, 4) is 0 Å². The first-order valence-electron chi connectivity index (χ1n) is 6.09. The number of thiophene rings is 1. The lowest BCUT2D eigenvalue weighted by Gasteiger charge is -2.06. The van der Waals surface area contributed by atoms with Gasteiger partial charge in [0.2, 0.25) is 0 Å². The number of carbonyl (C=O) groups is 1. The van der Waals surface area contributed by atoms with Gasteiger partial charge in [0, 0.05) is 14.6 Å². The predicted octanol–water partition coefficient (Wildman–Crippen LogP) is 6.36. The average Bonchev–Trinajstić information content (AvgIpc) is 2.78. The molecule has 0 bridgehead atoms. The molecule has 0 aliphatic carbocycles. The molecule has 0 fully saturated rings. The molecule has 7 heteroatoms. The van der Waals surface area contributed by atoms with Crippen molar-refractivity contribution in [2.75, 3.05) is 5.32 Å². The van der Waals surface area contributed by atoms with Gasteiger partial charge in [-0.05, 0) is 36.4 Å². The predicted molar refractivity (Wildman–Crippen MR) is 93.9 cm³/mol. The first kappa shape index (κ1) is 15.7. The highest BCUT2D eigenvalue weighted by molar-refractivity contribution is 9.10. The molecule has 112 valence electrons. The van der Waals surface area contributed by atoms with Gasteiger partial charge in [0.15, 0.2) is 0 Å². The second-order valence-electron chi connectivity index (χ2n) is 4.46. The maximum absolute atomic E-state index is 13.3. The van der Waals surface area contributed by atoms with Crippen LogP contribution in [0.5, 0.6) is 0 Å². The van der Waals surface area contributed by atoms with Gasteiger partial charge in [0.25, 0.3) is 5.91 Å². The Bertz CT molecular complexity index is 897. The lowest BCUT2D eigenvalue weighted by molar-refractivity contribution is 0.103. The van der Waals surface area contributed by atoms with Crippen LogP contribution in [0.4, 0.5) is 10.1 Å². The number of fused-ring (bicyclic) bond motifs is 1. The zero-order chi connectivity index (χ0) is 15.9. The van der Waals surface area contributed by atoms with Crippen LogP contribution >= 0.6 is 50.5 Å². The maximum atomic E-state index is 13.3. The quantitative estimate of drug-likeness (QED) is 0.515. The van der Waals surface area contributed by atoms with Gasteiger partial charge in [-0.2, -0.15) is 0 Å². The van der Waals surface area contributed by atoms with Crippen LogP contribution in [0.15, 0.2) is 40.9 Å². The third-order valence-corrected chi connectivity index (χ3v) is 5.44. The first-order valence-corrected chi connectivity index (χ1v) is 8.46. The van der Waals surface area contributed by atoms with Crippen molar-refractivity contribution in [1.82, 2.24) is 0 Å². The minimum Gasteiger partial charge on any atom is -0.320 e. The van der Waals surface area contributed by atoms with Crippen LogP contribution < -0.4 is 5.32 Å². The van der Waals surface area contributed by atoms with Crippen molar-refractivity contribution in [3.63, 3.8) is 0 Å². The molecule has 1 amide bonds. The SMILES string of the molecule is O=C(Nc1ccc(Br)cc1Cl)c1sc2cc(F)ccc2c1Cl. The van der Waals surface area contributed by atoms with E-state index in [1.807, 2.05) is 0 Å².